The highest BCUT2D eigenvalue weighted by atomic mass is 35.5. The summed E-state index contributed by atoms with van der Waals surface area (Å²) < 4.78 is 5.74. The minimum Gasteiger partial charge on any atom is -0.371 e. The Morgan fingerprint density at radius 3 is 2.82 bits per heavy atom. The SMILES string of the molecule is Cc1nc(CN2CC(C)OC(CCl)C2)sc1C. The third-order valence-electron chi connectivity index (χ3n) is 3.01. The van der Waals surface area contributed by atoms with Crippen LogP contribution in [0.3, 0.4) is 0 Å². The van der Waals surface area contributed by atoms with Crippen LogP contribution in [-0.2, 0) is 11.3 Å². The molecule has 96 valence electrons. The molecule has 2 heterocycles. The second kappa shape index (κ2) is 5.65. The van der Waals surface area contributed by atoms with Gasteiger partial charge in [-0.2, -0.15) is 0 Å². The van der Waals surface area contributed by atoms with Crippen LogP contribution < -0.4 is 0 Å². The summed E-state index contributed by atoms with van der Waals surface area (Å²) in [4.78, 5) is 8.29. The van der Waals surface area contributed by atoms with Crippen molar-refractivity contribution in [2.45, 2.75) is 39.5 Å². The number of thiazole rings is 1. The molecule has 2 unspecified atom stereocenters. The van der Waals surface area contributed by atoms with Gasteiger partial charge in [0.15, 0.2) is 0 Å². The van der Waals surface area contributed by atoms with Crippen LogP contribution >= 0.6 is 22.9 Å². The lowest BCUT2D eigenvalue weighted by Gasteiger charge is -2.35. The van der Waals surface area contributed by atoms with Crippen molar-refractivity contribution < 1.29 is 4.74 Å². The lowest BCUT2D eigenvalue weighted by atomic mass is 10.2. The number of ether oxygens (including phenoxy) is 1. The van der Waals surface area contributed by atoms with Crippen molar-refractivity contribution in [1.29, 1.82) is 0 Å². The predicted molar refractivity (Wildman–Crippen MR) is 71.9 cm³/mol. The highest BCUT2D eigenvalue weighted by Crippen LogP contribution is 2.20. The monoisotopic (exact) mass is 274 g/mol. The molecule has 2 atom stereocenters. The zero-order valence-corrected chi connectivity index (χ0v) is 12.1. The number of alkyl halides is 1. The van der Waals surface area contributed by atoms with E-state index < -0.39 is 0 Å². The van der Waals surface area contributed by atoms with Crippen molar-refractivity contribution in [2.24, 2.45) is 0 Å². The van der Waals surface area contributed by atoms with Gasteiger partial charge in [-0.3, -0.25) is 4.90 Å². The quantitative estimate of drug-likeness (QED) is 0.793. The summed E-state index contributed by atoms with van der Waals surface area (Å²) in [5.74, 6) is 0.566. The molecule has 0 radical (unpaired) electrons. The first-order valence-electron chi connectivity index (χ1n) is 5.95. The third-order valence-corrected chi connectivity index (χ3v) is 4.41. The number of aryl methyl sites for hydroxylation is 2. The van der Waals surface area contributed by atoms with Gasteiger partial charge in [-0.05, 0) is 20.8 Å². The summed E-state index contributed by atoms with van der Waals surface area (Å²) in [5, 5.41) is 1.20. The van der Waals surface area contributed by atoms with E-state index in [0.29, 0.717) is 5.88 Å². The highest BCUT2D eigenvalue weighted by molar-refractivity contribution is 7.11. The van der Waals surface area contributed by atoms with Gasteiger partial charge in [0.25, 0.3) is 0 Å². The van der Waals surface area contributed by atoms with Gasteiger partial charge in [0.2, 0.25) is 0 Å². The standard InChI is InChI=1S/C12H19ClN2OS/c1-8-5-15(6-11(4-13)16-8)7-12-14-9(2)10(3)17-12/h8,11H,4-7H2,1-3H3. The fourth-order valence-electron chi connectivity index (χ4n) is 2.15. The van der Waals surface area contributed by atoms with Gasteiger partial charge < -0.3 is 4.74 Å². The van der Waals surface area contributed by atoms with Gasteiger partial charge in [0, 0.05) is 23.8 Å². The van der Waals surface area contributed by atoms with E-state index in [1.807, 2.05) is 0 Å². The molecule has 0 aliphatic carbocycles. The Hall–Kier alpha value is -0.160. The third kappa shape index (κ3) is 3.41. The molecular formula is C12H19ClN2OS. The minimum absolute atomic E-state index is 0.155. The normalized spacial score (nSPS) is 26.4. The fraction of sp³-hybridized carbons (Fsp3) is 0.750. The maximum absolute atomic E-state index is 5.88. The topological polar surface area (TPSA) is 25.4 Å². The predicted octanol–water partition coefficient (Wildman–Crippen LogP) is 2.59. The van der Waals surface area contributed by atoms with Crippen LogP contribution in [0.1, 0.15) is 22.5 Å². The molecule has 0 spiro atoms. The zero-order valence-electron chi connectivity index (χ0n) is 10.6. The first kappa shape index (κ1) is 13.3. The summed E-state index contributed by atoms with van der Waals surface area (Å²) >= 11 is 7.67. The zero-order chi connectivity index (χ0) is 12.4. The summed E-state index contributed by atoms with van der Waals surface area (Å²) in [6.45, 7) is 9.08. The maximum atomic E-state index is 5.88. The van der Waals surface area contributed by atoms with E-state index >= 15 is 0 Å². The maximum Gasteiger partial charge on any atom is 0.107 e. The van der Waals surface area contributed by atoms with Crippen molar-refractivity contribution in [2.75, 3.05) is 19.0 Å². The Morgan fingerprint density at radius 1 is 1.47 bits per heavy atom. The smallest absolute Gasteiger partial charge is 0.107 e. The first-order valence-corrected chi connectivity index (χ1v) is 7.30. The molecule has 0 aromatic carbocycles. The molecule has 1 fully saturated rings. The Balaban J connectivity index is 1.98. The van der Waals surface area contributed by atoms with Crippen LogP contribution in [0.5, 0.6) is 0 Å². The number of rotatable bonds is 3. The van der Waals surface area contributed by atoms with E-state index in [1.54, 1.807) is 11.3 Å². The van der Waals surface area contributed by atoms with E-state index in [0.717, 1.165) is 25.3 Å². The fourth-order valence-corrected chi connectivity index (χ4v) is 3.30. The molecule has 1 aliphatic rings. The average Bonchev–Trinajstić information content (AvgIpc) is 2.57. The van der Waals surface area contributed by atoms with Crippen molar-refractivity contribution in [3.63, 3.8) is 0 Å². The molecule has 0 saturated carbocycles. The second-order valence-corrected chi connectivity index (χ2v) is 6.26. The Labute approximate surface area is 112 Å². The summed E-state index contributed by atoms with van der Waals surface area (Å²) in [7, 11) is 0. The van der Waals surface area contributed by atoms with Crippen molar-refractivity contribution >= 4 is 22.9 Å². The van der Waals surface area contributed by atoms with Gasteiger partial charge in [-0.25, -0.2) is 4.98 Å². The largest absolute Gasteiger partial charge is 0.371 e. The average molecular weight is 275 g/mol. The molecule has 5 heteroatoms. The molecule has 1 saturated heterocycles. The van der Waals surface area contributed by atoms with Crippen LogP contribution in [0, 0.1) is 13.8 Å². The number of morpholine rings is 1. The van der Waals surface area contributed by atoms with E-state index in [4.69, 9.17) is 16.3 Å². The van der Waals surface area contributed by atoms with Crippen molar-refractivity contribution in [3.8, 4) is 0 Å². The summed E-state index contributed by atoms with van der Waals surface area (Å²) in [5.41, 5.74) is 1.15. The Morgan fingerprint density at radius 2 is 2.24 bits per heavy atom. The van der Waals surface area contributed by atoms with E-state index in [-0.39, 0.29) is 12.2 Å². The number of hydrogen-bond donors (Lipinski definition) is 0. The molecule has 0 amide bonds. The lowest BCUT2D eigenvalue weighted by Crippen LogP contribution is -2.46. The number of nitrogens with zero attached hydrogens (tertiary/aromatic N) is 2. The van der Waals surface area contributed by atoms with Gasteiger partial charge in [-0.1, -0.05) is 0 Å². The Kier molecular flexibility index (Phi) is 4.42. The summed E-state index contributed by atoms with van der Waals surface area (Å²) in [6, 6.07) is 0. The molecule has 1 aromatic rings. The van der Waals surface area contributed by atoms with E-state index in [2.05, 4.69) is 30.7 Å². The number of hydrogen-bond acceptors (Lipinski definition) is 4. The highest BCUT2D eigenvalue weighted by Gasteiger charge is 2.25. The molecular weight excluding hydrogens is 256 g/mol. The van der Waals surface area contributed by atoms with Crippen LogP contribution in [0.2, 0.25) is 0 Å². The molecule has 1 aliphatic heterocycles. The molecule has 2 rings (SSSR count). The Bertz CT molecular complexity index is 363. The van der Waals surface area contributed by atoms with Crippen LogP contribution in [0.4, 0.5) is 0 Å². The van der Waals surface area contributed by atoms with Crippen molar-refractivity contribution in [1.82, 2.24) is 9.88 Å². The molecule has 1 aromatic heterocycles. The van der Waals surface area contributed by atoms with E-state index in [9.17, 15) is 0 Å². The molecule has 0 N–H and O–H groups in total. The summed E-state index contributed by atoms with van der Waals surface area (Å²) in [6.07, 6.45) is 0.414. The van der Waals surface area contributed by atoms with Crippen molar-refractivity contribution in [3.05, 3.63) is 15.6 Å². The van der Waals surface area contributed by atoms with Gasteiger partial charge in [-0.15, -0.1) is 22.9 Å². The first-order chi connectivity index (χ1) is 8.08. The second-order valence-electron chi connectivity index (χ2n) is 4.67. The van der Waals surface area contributed by atoms with Crippen LogP contribution in [-0.4, -0.2) is 41.1 Å². The number of halogens is 1. The van der Waals surface area contributed by atoms with Crippen LogP contribution in [0.15, 0.2) is 0 Å². The molecule has 3 nitrogen and oxygen atoms in total. The molecule has 17 heavy (non-hydrogen) atoms. The minimum atomic E-state index is 0.155. The van der Waals surface area contributed by atoms with E-state index in [1.165, 1.54) is 9.88 Å². The number of aromatic nitrogens is 1. The lowest BCUT2D eigenvalue weighted by molar-refractivity contribution is -0.0689. The van der Waals surface area contributed by atoms with Crippen LogP contribution in [0.25, 0.3) is 0 Å². The van der Waals surface area contributed by atoms with Gasteiger partial charge >= 0.3 is 0 Å². The molecule has 0 bridgehead atoms. The van der Waals surface area contributed by atoms with Gasteiger partial charge in [0.1, 0.15) is 5.01 Å². The van der Waals surface area contributed by atoms with Gasteiger partial charge in [0.05, 0.1) is 24.4 Å².